The maximum absolute atomic E-state index is 12.7. The molecule has 1 fully saturated rings. The summed E-state index contributed by atoms with van der Waals surface area (Å²) in [6, 6.07) is 15.2. The van der Waals surface area contributed by atoms with E-state index in [9.17, 15) is 9.59 Å². The second-order valence-electron chi connectivity index (χ2n) is 8.06. The zero-order valence-electron chi connectivity index (χ0n) is 18.5. The van der Waals surface area contributed by atoms with Gasteiger partial charge in [-0.3, -0.25) is 9.59 Å². The van der Waals surface area contributed by atoms with E-state index in [4.69, 9.17) is 0 Å². The van der Waals surface area contributed by atoms with Gasteiger partial charge in [0.1, 0.15) is 11.4 Å². The molecule has 0 aromatic carbocycles. The third-order valence-electron chi connectivity index (χ3n) is 5.88. The number of hydrogen-bond acceptors (Lipinski definition) is 8. The van der Waals surface area contributed by atoms with E-state index in [0.717, 1.165) is 52.9 Å². The topological polar surface area (TPSA) is 93.0 Å². The van der Waals surface area contributed by atoms with Crippen molar-refractivity contribution in [1.82, 2.24) is 25.3 Å². The van der Waals surface area contributed by atoms with E-state index < -0.39 is 0 Å². The Morgan fingerprint density at radius 3 is 2.29 bits per heavy atom. The van der Waals surface area contributed by atoms with Crippen LogP contribution in [-0.4, -0.2) is 45.5 Å². The number of aromatic nitrogens is 4. The molecule has 5 rings (SSSR count). The summed E-state index contributed by atoms with van der Waals surface area (Å²) in [6.45, 7) is 2.23. The van der Waals surface area contributed by atoms with E-state index >= 15 is 0 Å². The molecule has 0 atom stereocenters. The number of anilines is 1. The lowest BCUT2D eigenvalue weighted by molar-refractivity contribution is -0.125. The standard InChI is InChI=1S/C24H24N6O2S2/c31-23-8-6-19(21-4-2-16-34-21)28-30(23)14-11-25-24(32)17-9-12-29(13-10-17)22-7-5-18(26-27-22)20-3-1-15-33-20/h1-8,15-17H,9-14H2,(H,25,32). The van der Waals surface area contributed by atoms with Crippen LogP contribution >= 0.6 is 22.7 Å². The zero-order valence-corrected chi connectivity index (χ0v) is 20.1. The first kappa shape index (κ1) is 22.4. The van der Waals surface area contributed by atoms with Crippen LogP contribution in [0.1, 0.15) is 12.8 Å². The van der Waals surface area contributed by atoms with E-state index in [1.54, 1.807) is 28.7 Å². The molecule has 1 aliphatic rings. The molecule has 1 amide bonds. The zero-order chi connectivity index (χ0) is 23.3. The Labute approximate surface area is 204 Å². The SMILES string of the molecule is O=C(NCCn1nc(-c2cccs2)ccc1=O)C1CCN(c2ccc(-c3cccs3)nn2)CC1. The minimum atomic E-state index is -0.172. The Morgan fingerprint density at radius 2 is 1.65 bits per heavy atom. The minimum Gasteiger partial charge on any atom is -0.355 e. The number of hydrogen-bond donors (Lipinski definition) is 1. The van der Waals surface area contributed by atoms with E-state index in [-0.39, 0.29) is 17.4 Å². The van der Waals surface area contributed by atoms with Crippen molar-refractivity contribution in [2.75, 3.05) is 24.5 Å². The van der Waals surface area contributed by atoms with Gasteiger partial charge in [-0.1, -0.05) is 12.1 Å². The van der Waals surface area contributed by atoms with Crippen LogP contribution in [-0.2, 0) is 11.3 Å². The molecule has 1 N–H and O–H groups in total. The normalized spacial score (nSPS) is 14.3. The van der Waals surface area contributed by atoms with Gasteiger partial charge in [-0.25, -0.2) is 4.68 Å². The average molecular weight is 493 g/mol. The maximum atomic E-state index is 12.7. The first-order valence-corrected chi connectivity index (χ1v) is 13.0. The Bertz CT molecular complexity index is 1280. The molecule has 0 saturated carbocycles. The van der Waals surface area contributed by atoms with Crippen molar-refractivity contribution in [2.45, 2.75) is 19.4 Å². The van der Waals surface area contributed by atoms with Gasteiger partial charge in [-0.15, -0.1) is 32.9 Å². The molecule has 0 bridgehead atoms. The summed E-state index contributed by atoms with van der Waals surface area (Å²) in [6.07, 6.45) is 1.51. The molecule has 0 aliphatic carbocycles. The van der Waals surface area contributed by atoms with Crippen molar-refractivity contribution in [1.29, 1.82) is 0 Å². The Morgan fingerprint density at radius 1 is 0.941 bits per heavy atom. The van der Waals surface area contributed by atoms with Crippen molar-refractivity contribution in [3.05, 3.63) is 69.6 Å². The van der Waals surface area contributed by atoms with E-state index in [1.807, 2.05) is 47.2 Å². The maximum Gasteiger partial charge on any atom is 0.266 e. The third kappa shape index (κ3) is 5.07. The number of rotatable bonds is 7. The highest BCUT2D eigenvalue weighted by atomic mass is 32.1. The smallest absolute Gasteiger partial charge is 0.266 e. The fraction of sp³-hybridized carbons (Fsp3) is 0.292. The van der Waals surface area contributed by atoms with Crippen LogP contribution in [0.4, 0.5) is 5.82 Å². The lowest BCUT2D eigenvalue weighted by Gasteiger charge is -2.31. The molecule has 34 heavy (non-hydrogen) atoms. The molecule has 0 radical (unpaired) electrons. The second kappa shape index (κ2) is 10.3. The predicted molar refractivity (Wildman–Crippen MR) is 135 cm³/mol. The summed E-state index contributed by atoms with van der Waals surface area (Å²) in [5, 5.41) is 20.2. The van der Waals surface area contributed by atoms with Gasteiger partial charge >= 0.3 is 0 Å². The molecule has 174 valence electrons. The molecule has 8 nitrogen and oxygen atoms in total. The van der Waals surface area contributed by atoms with Crippen molar-refractivity contribution < 1.29 is 4.79 Å². The predicted octanol–water partition coefficient (Wildman–Crippen LogP) is 3.52. The molecular formula is C24H24N6O2S2. The number of carbonyl (C=O) groups excluding carboxylic acids is 1. The third-order valence-corrected chi connectivity index (χ3v) is 7.66. The number of carbonyl (C=O) groups is 1. The van der Waals surface area contributed by atoms with Crippen molar-refractivity contribution in [2.24, 2.45) is 5.92 Å². The minimum absolute atomic E-state index is 0.0289. The summed E-state index contributed by atoms with van der Waals surface area (Å²) in [5.74, 6) is 0.827. The van der Waals surface area contributed by atoms with Crippen LogP contribution in [0.3, 0.4) is 0 Å². The van der Waals surface area contributed by atoms with Gasteiger partial charge in [-0.05, 0) is 53.9 Å². The van der Waals surface area contributed by atoms with Gasteiger partial charge in [0.2, 0.25) is 5.91 Å². The molecular weight excluding hydrogens is 468 g/mol. The van der Waals surface area contributed by atoms with E-state index in [0.29, 0.717) is 13.1 Å². The number of piperidine rings is 1. The molecule has 4 aromatic heterocycles. The van der Waals surface area contributed by atoms with Crippen molar-refractivity contribution >= 4 is 34.4 Å². The molecule has 1 saturated heterocycles. The van der Waals surface area contributed by atoms with E-state index in [2.05, 4.69) is 25.5 Å². The average Bonchev–Trinajstić information content (AvgIpc) is 3.60. The van der Waals surface area contributed by atoms with Crippen LogP contribution in [0.25, 0.3) is 21.1 Å². The summed E-state index contributed by atoms with van der Waals surface area (Å²) in [7, 11) is 0. The summed E-state index contributed by atoms with van der Waals surface area (Å²) in [4.78, 5) is 29.1. The monoisotopic (exact) mass is 492 g/mol. The molecule has 10 heteroatoms. The molecule has 1 aliphatic heterocycles. The van der Waals surface area contributed by atoms with Crippen molar-refractivity contribution in [3.63, 3.8) is 0 Å². The molecule has 0 unspecified atom stereocenters. The fourth-order valence-corrected chi connectivity index (χ4v) is 5.40. The van der Waals surface area contributed by atoms with Gasteiger partial charge in [0.05, 0.1) is 16.3 Å². The van der Waals surface area contributed by atoms with Crippen LogP contribution < -0.4 is 15.8 Å². The Hall–Kier alpha value is -3.37. The molecule has 4 aromatic rings. The first-order valence-electron chi connectivity index (χ1n) is 11.2. The molecule has 5 heterocycles. The van der Waals surface area contributed by atoms with Crippen LogP contribution in [0.5, 0.6) is 0 Å². The quantitative estimate of drug-likeness (QED) is 0.424. The lowest BCUT2D eigenvalue weighted by atomic mass is 9.96. The highest BCUT2D eigenvalue weighted by molar-refractivity contribution is 7.13. The van der Waals surface area contributed by atoms with Gasteiger partial charge in [0, 0.05) is 31.6 Å². The number of nitrogens with zero attached hydrogens (tertiary/aromatic N) is 5. The number of amides is 1. The van der Waals surface area contributed by atoms with Crippen molar-refractivity contribution in [3.8, 4) is 21.1 Å². The van der Waals surface area contributed by atoms with Gasteiger partial charge in [0.25, 0.3) is 5.56 Å². The van der Waals surface area contributed by atoms with Gasteiger partial charge in [-0.2, -0.15) is 5.10 Å². The van der Waals surface area contributed by atoms with E-state index in [1.165, 1.54) is 10.7 Å². The number of nitrogens with one attached hydrogen (secondary N) is 1. The summed E-state index contributed by atoms with van der Waals surface area (Å²) < 4.78 is 1.41. The molecule has 0 spiro atoms. The van der Waals surface area contributed by atoms with Crippen LogP contribution in [0, 0.1) is 5.92 Å². The van der Waals surface area contributed by atoms with Crippen LogP contribution in [0.2, 0.25) is 0 Å². The fourth-order valence-electron chi connectivity index (χ4n) is 4.01. The Balaban J connectivity index is 1.11. The summed E-state index contributed by atoms with van der Waals surface area (Å²) >= 11 is 3.22. The first-order chi connectivity index (χ1) is 16.7. The highest BCUT2D eigenvalue weighted by Crippen LogP contribution is 2.25. The summed E-state index contributed by atoms with van der Waals surface area (Å²) in [5.41, 5.74) is 1.47. The lowest BCUT2D eigenvalue weighted by Crippen LogP contribution is -2.42. The van der Waals surface area contributed by atoms with Gasteiger partial charge < -0.3 is 10.2 Å². The van der Waals surface area contributed by atoms with Gasteiger partial charge in [0.15, 0.2) is 5.82 Å². The highest BCUT2D eigenvalue weighted by Gasteiger charge is 2.25. The Kier molecular flexibility index (Phi) is 6.77. The number of thiophene rings is 2. The van der Waals surface area contributed by atoms with Crippen LogP contribution in [0.15, 0.2) is 64.1 Å². The largest absolute Gasteiger partial charge is 0.355 e. The second-order valence-corrected chi connectivity index (χ2v) is 9.96.